The summed E-state index contributed by atoms with van der Waals surface area (Å²) in [5.74, 6) is -0.387. The summed E-state index contributed by atoms with van der Waals surface area (Å²) in [5, 5.41) is 2.76. The highest BCUT2D eigenvalue weighted by Crippen LogP contribution is 2.21. The Hall–Kier alpha value is -1.11. The molecular formula is C17H25BrClN3O2. The molecular weight excluding hydrogens is 394 g/mol. The van der Waals surface area contributed by atoms with E-state index in [0.717, 1.165) is 36.8 Å². The lowest BCUT2D eigenvalue weighted by molar-refractivity contribution is -0.138. The van der Waals surface area contributed by atoms with Crippen molar-refractivity contribution in [1.82, 2.24) is 10.2 Å². The minimum Gasteiger partial charge on any atom is -0.343 e. The van der Waals surface area contributed by atoms with Crippen LogP contribution in [0.5, 0.6) is 0 Å². The van der Waals surface area contributed by atoms with Crippen LogP contribution < -0.4 is 11.1 Å². The summed E-state index contributed by atoms with van der Waals surface area (Å²) >= 11 is 3.36. The molecule has 0 radical (unpaired) electrons. The molecule has 0 aromatic heterocycles. The van der Waals surface area contributed by atoms with Gasteiger partial charge in [0.05, 0.1) is 0 Å². The van der Waals surface area contributed by atoms with Crippen LogP contribution in [-0.4, -0.2) is 35.8 Å². The number of piperidine rings is 1. The van der Waals surface area contributed by atoms with Gasteiger partial charge in [0.1, 0.15) is 11.6 Å². The van der Waals surface area contributed by atoms with Crippen LogP contribution in [0.25, 0.3) is 0 Å². The predicted molar refractivity (Wildman–Crippen MR) is 101 cm³/mol. The molecule has 0 saturated carbocycles. The summed E-state index contributed by atoms with van der Waals surface area (Å²) < 4.78 is 0.922. The average Bonchev–Trinajstić information content (AvgIpc) is 2.55. The number of halogens is 2. The molecule has 7 heteroatoms. The lowest BCUT2D eigenvalue weighted by Gasteiger charge is -2.31. The third kappa shape index (κ3) is 4.94. The molecule has 1 heterocycles. The lowest BCUT2D eigenvalue weighted by Crippen LogP contribution is -2.55. The summed E-state index contributed by atoms with van der Waals surface area (Å²) in [4.78, 5) is 26.8. The lowest BCUT2D eigenvalue weighted by atomic mass is 9.92. The van der Waals surface area contributed by atoms with Crippen molar-refractivity contribution < 1.29 is 9.59 Å². The molecule has 1 aliphatic rings. The van der Waals surface area contributed by atoms with Crippen LogP contribution >= 0.6 is 28.3 Å². The third-order valence-electron chi connectivity index (χ3n) is 4.30. The molecule has 134 valence electrons. The Kier molecular flexibility index (Phi) is 7.70. The number of nitrogens with one attached hydrogen (secondary N) is 1. The fraction of sp³-hybridized carbons (Fsp3) is 0.529. The Balaban J connectivity index is 0.00000288. The van der Waals surface area contributed by atoms with E-state index in [-0.39, 0.29) is 24.2 Å². The van der Waals surface area contributed by atoms with Crippen molar-refractivity contribution in [3.05, 3.63) is 34.3 Å². The highest BCUT2D eigenvalue weighted by atomic mass is 79.9. The maximum atomic E-state index is 12.5. The SMILES string of the molecule is CC(NC(=O)C(C)(N)c1ccc(Br)cc1)C(=O)N1CCCCC1.Cl. The van der Waals surface area contributed by atoms with E-state index in [1.54, 1.807) is 26.0 Å². The van der Waals surface area contributed by atoms with E-state index >= 15 is 0 Å². The largest absolute Gasteiger partial charge is 0.343 e. The third-order valence-corrected chi connectivity index (χ3v) is 4.83. The van der Waals surface area contributed by atoms with Gasteiger partial charge in [-0.05, 0) is 50.8 Å². The Morgan fingerprint density at radius 3 is 2.29 bits per heavy atom. The van der Waals surface area contributed by atoms with Gasteiger partial charge in [0.2, 0.25) is 11.8 Å². The molecule has 2 rings (SSSR count). The molecule has 1 saturated heterocycles. The van der Waals surface area contributed by atoms with Crippen molar-refractivity contribution in [2.45, 2.75) is 44.7 Å². The molecule has 24 heavy (non-hydrogen) atoms. The minimum absolute atomic E-state index is 0. The number of nitrogens with zero attached hydrogens (tertiary/aromatic N) is 1. The average molecular weight is 419 g/mol. The van der Waals surface area contributed by atoms with Gasteiger partial charge in [-0.15, -0.1) is 12.4 Å². The monoisotopic (exact) mass is 417 g/mol. The molecule has 5 nitrogen and oxygen atoms in total. The first-order valence-corrected chi connectivity index (χ1v) is 8.76. The molecule has 0 aliphatic carbocycles. The van der Waals surface area contributed by atoms with E-state index in [4.69, 9.17) is 5.73 Å². The molecule has 2 unspecified atom stereocenters. The van der Waals surface area contributed by atoms with Crippen LogP contribution in [0.4, 0.5) is 0 Å². The van der Waals surface area contributed by atoms with Crippen LogP contribution in [0.1, 0.15) is 38.7 Å². The first-order valence-electron chi connectivity index (χ1n) is 7.97. The zero-order valence-electron chi connectivity index (χ0n) is 14.0. The smallest absolute Gasteiger partial charge is 0.245 e. The van der Waals surface area contributed by atoms with E-state index in [2.05, 4.69) is 21.2 Å². The molecule has 1 aromatic carbocycles. The molecule has 0 spiro atoms. The van der Waals surface area contributed by atoms with Gasteiger partial charge in [0.15, 0.2) is 0 Å². The van der Waals surface area contributed by atoms with Gasteiger partial charge in [-0.3, -0.25) is 9.59 Å². The van der Waals surface area contributed by atoms with E-state index < -0.39 is 11.6 Å². The van der Waals surface area contributed by atoms with Gasteiger partial charge in [0.25, 0.3) is 0 Å². The second-order valence-corrected chi connectivity index (χ2v) is 7.21. The van der Waals surface area contributed by atoms with Gasteiger partial charge in [-0.2, -0.15) is 0 Å². The van der Waals surface area contributed by atoms with Crippen molar-refractivity contribution >= 4 is 40.2 Å². The number of benzene rings is 1. The van der Waals surface area contributed by atoms with Crippen molar-refractivity contribution in [3.8, 4) is 0 Å². The van der Waals surface area contributed by atoms with Gasteiger partial charge < -0.3 is 16.0 Å². The summed E-state index contributed by atoms with van der Waals surface area (Å²) in [5.41, 5.74) is 5.73. The first-order chi connectivity index (χ1) is 10.8. The second-order valence-electron chi connectivity index (χ2n) is 6.29. The Morgan fingerprint density at radius 1 is 1.21 bits per heavy atom. The number of likely N-dealkylation sites (tertiary alicyclic amines) is 1. The van der Waals surface area contributed by atoms with Crippen LogP contribution in [-0.2, 0) is 15.1 Å². The fourth-order valence-electron chi connectivity index (χ4n) is 2.72. The summed E-state index contributed by atoms with van der Waals surface area (Å²) in [6.45, 7) is 4.91. The van der Waals surface area contributed by atoms with Crippen molar-refractivity contribution in [3.63, 3.8) is 0 Å². The van der Waals surface area contributed by atoms with Gasteiger partial charge in [-0.25, -0.2) is 0 Å². The van der Waals surface area contributed by atoms with Crippen molar-refractivity contribution in [2.24, 2.45) is 5.73 Å². The molecule has 1 aromatic rings. The predicted octanol–water partition coefficient (Wildman–Crippen LogP) is 2.56. The Labute approximate surface area is 157 Å². The van der Waals surface area contributed by atoms with E-state index in [0.29, 0.717) is 5.56 Å². The van der Waals surface area contributed by atoms with E-state index in [1.807, 2.05) is 17.0 Å². The van der Waals surface area contributed by atoms with Crippen LogP contribution in [0.15, 0.2) is 28.7 Å². The zero-order chi connectivity index (χ0) is 17.0. The maximum absolute atomic E-state index is 12.5. The number of carbonyl (C=O) groups is 2. The van der Waals surface area contributed by atoms with Crippen LogP contribution in [0.2, 0.25) is 0 Å². The topological polar surface area (TPSA) is 75.4 Å². The zero-order valence-corrected chi connectivity index (χ0v) is 16.5. The number of hydrogen-bond donors (Lipinski definition) is 2. The van der Waals surface area contributed by atoms with Crippen molar-refractivity contribution in [1.29, 1.82) is 0 Å². The van der Waals surface area contributed by atoms with Crippen LogP contribution in [0, 0.1) is 0 Å². The molecule has 2 amide bonds. The number of amides is 2. The number of hydrogen-bond acceptors (Lipinski definition) is 3. The molecule has 3 N–H and O–H groups in total. The fourth-order valence-corrected chi connectivity index (χ4v) is 2.99. The first kappa shape index (κ1) is 20.9. The summed E-state index contributed by atoms with van der Waals surface area (Å²) in [6, 6.07) is 6.73. The molecule has 2 atom stereocenters. The number of carbonyl (C=O) groups excluding carboxylic acids is 2. The quantitative estimate of drug-likeness (QED) is 0.789. The maximum Gasteiger partial charge on any atom is 0.245 e. The second kappa shape index (κ2) is 8.83. The summed E-state index contributed by atoms with van der Waals surface area (Å²) in [6.07, 6.45) is 3.22. The summed E-state index contributed by atoms with van der Waals surface area (Å²) in [7, 11) is 0. The normalized spacial score (nSPS) is 18.1. The van der Waals surface area contributed by atoms with Crippen LogP contribution in [0.3, 0.4) is 0 Å². The van der Waals surface area contributed by atoms with Gasteiger partial charge in [-0.1, -0.05) is 28.1 Å². The molecule has 1 aliphatic heterocycles. The number of rotatable bonds is 4. The Bertz CT molecular complexity index is 572. The van der Waals surface area contributed by atoms with E-state index in [1.165, 1.54) is 0 Å². The van der Waals surface area contributed by atoms with Gasteiger partial charge >= 0.3 is 0 Å². The molecule has 0 bridgehead atoms. The number of nitrogens with two attached hydrogens (primary N) is 1. The van der Waals surface area contributed by atoms with E-state index in [9.17, 15) is 9.59 Å². The highest BCUT2D eigenvalue weighted by molar-refractivity contribution is 9.10. The van der Waals surface area contributed by atoms with Crippen molar-refractivity contribution in [2.75, 3.05) is 13.1 Å². The highest BCUT2D eigenvalue weighted by Gasteiger charge is 2.33. The molecule has 1 fully saturated rings. The van der Waals surface area contributed by atoms with Gasteiger partial charge in [0, 0.05) is 17.6 Å². The Morgan fingerprint density at radius 2 is 1.75 bits per heavy atom. The standard InChI is InChI=1S/C17H24BrN3O2.ClH/c1-12(15(22)21-10-4-3-5-11-21)20-16(23)17(2,19)13-6-8-14(18)9-7-13;/h6-9,12H,3-5,10-11,19H2,1-2H3,(H,20,23);1H. The minimum atomic E-state index is -1.18.